The van der Waals surface area contributed by atoms with Gasteiger partial charge in [-0.3, -0.25) is 25.1 Å². The summed E-state index contributed by atoms with van der Waals surface area (Å²) < 4.78 is 25.4. The van der Waals surface area contributed by atoms with E-state index >= 15 is 0 Å². The highest BCUT2D eigenvalue weighted by Crippen LogP contribution is 2.34. The summed E-state index contributed by atoms with van der Waals surface area (Å²) in [6, 6.07) is 11.3. The first kappa shape index (κ1) is 23.1. The third kappa shape index (κ3) is 5.37. The molecule has 1 aliphatic rings. The van der Waals surface area contributed by atoms with Gasteiger partial charge in [0.15, 0.2) is 5.69 Å². The zero-order valence-electron chi connectivity index (χ0n) is 16.4. The Morgan fingerprint density at radius 1 is 1.13 bits per heavy atom. The van der Waals surface area contributed by atoms with Crippen molar-refractivity contribution >= 4 is 40.3 Å². The average Bonchev–Trinajstić information content (AvgIpc) is 2.78. The topological polar surface area (TPSA) is 139 Å². The number of non-ortho nitro benzene ring substituents is 1. The van der Waals surface area contributed by atoms with Crippen molar-refractivity contribution < 1.29 is 23.4 Å². The van der Waals surface area contributed by atoms with Crippen molar-refractivity contribution in [1.29, 1.82) is 0 Å². The quantitative estimate of drug-likeness (QED) is 0.264. The highest BCUT2D eigenvalue weighted by Gasteiger charge is 2.33. The number of hydrogen-bond donors (Lipinski definition) is 1. The van der Waals surface area contributed by atoms with Crippen LogP contribution < -0.4 is 4.47 Å². The number of nitro benzene ring substituents is 2. The SMILES string of the molecule is C[C@@H]1CC[C@H](ON(SO)c2ccccc2[N+](=O)[O-])CN1S(=O)c1ccc([N+](=O)[O-])cc1. The van der Waals surface area contributed by atoms with Crippen LogP contribution in [0.4, 0.5) is 17.1 Å². The van der Waals surface area contributed by atoms with Gasteiger partial charge in [-0.2, -0.15) is 4.47 Å². The summed E-state index contributed by atoms with van der Waals surface area (Å²) >= 11 is 0.208. The van der Waals surface area contributed by atoms with Crippen LogP contribution in [0.5, 0.6) is 0 Å². The minimum Gasteiger partial charge on any atom is -0.311 e. The van der Waals surface area contributed by atoms with E-state index in [1.165, 1.54) is 42.5 Å². The lowest BCUT2D eigenvalue weighted by atomic mass is 10.0. The summed E-state index contributed by atoms with van der Waals surface area (Å²) in [5.41, 5.74) is -0.227. The predicted octanol–water partition coefficient (Wildman–Crippen LogP) is 3.94. The van der Waals surface area contributed by atoms with Crippen LogP contribution in [0.25, 0.3) is 0 Å². The lowest BCUT2D eigenvalue weighted by Gasteiger charge is -2.37. The monoisotopic (exact) mass is 468 g/mol. The van der Waals surface area contributed by atoms with Gasteiger partial charge in [-0.25, -0.2) is 8.51 Å². The zero-order valence-corrected chi connectivity index (χ0v) is 18.0. The molecule has 0 aromatic heterocycles. The number of rotatable bonds is 8. The Morgan fingerprint density at radius 2 is 1.81 bits per heavy atom. The van der Waals surface area contributed by atoms with Gasteiger partial charge in [-0.1, -0.05) is 12.1 Å². The molecule has 1 aliphatic heterocycles. The fourth-order valence-corrected chi connectivity index (χ4v) is 4.98. The Bertz CT molecular complexity index is 976. The van der Waals surface area contributed by atoms with Gasteiger partial charge in [-0.05, 0) is 38.0 Å². The van der Waals surface area contributed by atoms with E-state index in [2.05, 4.69) is 0 Å². The number of para-hydroxylation sites is 2. The van der Waals surface area contributed by atoms with E-state index in [9.17, 15) is 29.0 Å². The van der Waals surface area contributed by atoms with Gasteiger partial charge in [0.2, 0.25) is 0 Å². The van der Waals surface area contributed by atoms with Gasteiger partial charge >= 0.3 is 0 Å². The standard InChI is InChI=1S/C18H20N4O7S2/c1-13-6-9-15(29-22(30-27)18-5-3-2-4-17(18)21(25)26)12-19(13)31(28)16-10-7-14(8-11-16)20(23)24/h2-5,7-8,10-11,13,15,27H,6,9,12H2,1H3/t13-,15+,31?/m1/s1. The second-order valence-electron chi connectivity index (χ2n) is 6.84. The molecule has 31 heavy (non-hydrogen) atoms. The van der Waals surface area contributed by atoms with Crippen LogP contribution in [0.2, 0.25) is 0 Å². The first-order chi connectivity index (χ1) is 14.8. The van der Waals surface area contributed by atoms with Gasteiger partial charge in [0, 0.05) is 30.8 Å². The van der Waals surface area contributed by atoms with E-state index < -0.39 is 26.9 Å². The average molecular weight is 469 g/mol. The third-order valence-corrected chi connectivity index (χ3v) is 6.88. The van der Waals surface area contributed by atoms with Crippen LogP contribution in [-0.2, 0) is 15.8 Å². The maximum atomic E-state index is 13.1. The molecule has 13 heteroatoms. The summed E-state index contributed by atoms with van der Waals surface area (Å²) in [7, 11) is -1.58. The molecule has 0 radical (unpaired) electrons. The molecule has 0 bridgehead atoms. The molecule has 0 spiro atoms. The number of nitrogens with zero attached hydrogens (tertiary/aromatic N) is 4. The summed E-state index contributed by atoms with van der Waals surface area (Å²) in [5, 5.41) is 22.1. The van der Waals surface area contributed by atoms with E-state index in [1.807, 2.05) is 6.92 Å². The van der Waals surface area contributed by atoms with E-state index in [0.29, 0.717) is 17.7 Å². The first-order valence-electron chi connectivity index (χ1n) is 9.26. The van der Waals surface area contributed by atoms with Crippen molar-refractivity contribution in [2.75, 3.05) is 11.0 Å². The van der Waals surface area contributed by atoms with E-state index in [1.54, 1.807) is 10.4 Å². The molecule has 3 atom stereocenters. The van der Waals surface area contributed by atoms with Crippen LogP contribution in [0.15, 0.2) is 53.4 Å². The number of piperidine rings is 1. The lowest BCUT2D eigenvalue weighted by Crippen LogP contribution is -2.47. The second kappa shape index (κ2) is 10.2. The molecule has 0 amide bonds. The molecule has 1 N–H and O–H groups in total. The number of hydrogen-bond acceptors (Lipinski definition) is 9. The molecule has 166 valence electrons. The Labute approximate surface area is 184 Å². The summed E-state index contributed by atoms with van der Waals surface area (Å²) in [6.45, 7) is 2.16. The molecule has 1 saturated heterocycles. The van der Waals surface area contributed by atoms with E-state index in [-0.39, 0.29) is 41.9 Å². The smallest absolute Gasteiger partial charge is 0.296 e. The second-order valence-corrected chi connectivity index (χ2v) is 8.77. The van der Waals surface area contributed by atoms with Crippen molar-refractivity contribution in [2.24, 2.45) is 0 Å². The number of anilines is 1. The Morgan fingerprint density at radius 3 is 2.42 bits per heavy atom. The molecule has 11 nitrogen and oxygen atoms in total. The van der Waals surface area contributed by atoms with Crippen LogP contribution in [-0.4, -0.2) is 41.6 Å². The van der Waals surface area contributed by atoms with Gasteiger partial charge in [0.25, 0.3) is 11.4 Å². The van der Waals surface area contributed by atoms with Crippen LogP contribution in [0.3, 0.4) is 0 Å². The van der Waals surface area contributed by atoms with Gasteiger partial charge in [-0.15, -0.1) is 0 Å². The Kier molecular flexibility index (Phi) is 7.56. The lowest BCUT2D eigenvalue weighted by molar-refractivity contribution is -0.384. The van der Waals surface area contributed by atoms with E-state index in [0.717, 1.165) is 4.47 Å². The molecular formula is C18H20N4O7S2. The van der Waals surface area contributed by atoms with Crippen LogP contribution in [0, 0.1) is 20.2 Å². The van der Waals surface area contributed by atoms with Gasteiger partial charge in [0.05, 0.1) is 14.7 Å². The number of benzene rings is 2. The van der Waals surface area contributed by atoms with Crippen molar-refractivity contribution in [1.82, 2.24) is 4.31 Å². The molecule has 3 rings (SSSR count). The molecule has 1 fully saturated rings. The third-order valence-electron chi connectivity index (χ3n) is 4.84. The molecular weight excluding hydrogens is 448 g/mol. The van der Waals surface area contributed by atoms with Gasteiger partial charge < -0.3 is 4.55 Å². The predicted molar refractivity (Wildman–Crippen MR) is 116 cm³/mol. The first-order valence-corrected chi connectivity index (χ1v) is 11.1. The Balaban J connectivity index is 1.75. The fourth-order valence-electron chi connectivity index (χ4n) is 3.21. The molecule has 2 aromatic carbocycles. The summed E-state index contributed by atoms with van der Waals surface area (Å²) in [4.78, 5) is 27.2. The zero-order chi connectivity index (χ0) is 22.5. The highest BCUT2D eigenvalue weighted by atomic mass is 32.2. The normalized spacial score (nSPS) is 20.2. The van der Waals surface area contributed by atoms with Gasteiger partial charge in [0.1, 0.15) is 29.3 Å². The maximum Gasteiger partial charge on any atom is 0.296 e. The minimum absolute atomic E-state index is 0.0443. The van der Waals surface area contributed by atoms with Crippen molar-refractivity contribution in [2.45, 2.75) is 36.8 Å². The molecule has 0 saturated carbocycles. The van der Waals surface area contributed by atoms with E-state index in [4.69, 9.17) is 4.84 Å². The molecule has 1 unspecified atom stereocenters. The maximum absolute atomic E-state index is 13.1. The summed E-state index contributed by atoms with van der Waals surface area (Å²) in [6.07, 6.45) is 0.745. The van der Waals surface area contributed by atoms with Crippen molar-refractivity contribution in [3.8, 4) is 0 Å². The number of nitro groups is 2. The molecule has 1 heterocycles. The fraction of sp³-hybridized carbons (Fsp3) is 0.333. The van der Waals surface area contributed by atoms with Crippen molar-refractivity contribution in [3.63, 3.8) is 0 Å². The summed E-state index contributed by atoms with van der Waals surface area (Å²) in [5.74, 6) is 0. The molecule has 2 aromatic rings. The van der Waals surface area contributed by atoms with Crippen LogP contribution in [0.1, 0.15) is 19.8 Å². The largest absolute Gasteiger partial charge is 0.311 e. The van der Waals surface area contributed by atoms with Crippen molar-refractivity contribution in [3.05, 3.63) is 68.8 Å². The Hall–Kier alpha value is -2.58. The minimum atomic E-state index is -1.58. The highest BCUT2D eigenvalue weighted by molar-refractivity contribution is 7.94. The molecule has 0 aliphatic carbocycles. The van der Waals surface area contributed by atoms with Crippen LogP contribution >= 0.6 is 12.2 Å².